The summed E-state index contributed by atoms with van der Waals surface area (Å²) in [6.07, 6.45) is 4.89. The van der Waals surface area contributed by atoms with E-state index in [1.807, 2.05) is 54.6 Å². The number of nitrogens with one attached hydrogen (secondary N) is 1. The van der Waals surface area contributed by atoms with E-state index in [9.17, 15) is 4.79 Å². The predicted molar refractivity (Wildman–Crippen MR) is 90.5 cm³/mol. The molecule has 1 amide bonds. The van der Waals surface area contributed by atoms with Gasteiger partial charge in [0.25, 0.3) is 5.91 Å². The smallest absolute Gasteiger partial charge is 0.255 e. The fourth-order valence-corrected chi connectivity index (χ4v) is 2.53. The first-order valence-electron chi connectivity index (χ1n) is 7.52. The van der Waals surface area contributed by atoms with Crippen LogP contribution >= 0.6 is 0 Å². The van der Waals surface area contributed by atoms with Crippen LogP contribution in [0, 0.1) is 0 Å². The molecular weight excluding hydrogens is 304 g/mol. The molecule has 0 unspecified atom stereocenters. The molecule has 118 valence electrons. The number of ether oxygens (including phenoxy) is 1. The molecule has 2 heterocycles. The third kappa shape index (κ3) is 2.79. The summed E-state index contributed by atoms with van der Waals surface area (Å²) in [7, 11) is 0. The number of carbonyl (C=O) groups excluding carboxylic acids is 1. The van der Waals surface area contributed by atoms with E-state index < -0.39 is 0 Å². The molecular formula is C19H14N2O3. The van der Waals surface area contributed by atoms with Crippen molar-refractivity contribution in [1.82, 2.24) is 4.98 Å². The van der Waals surface area contributed by atoms with Crippen molar-refractivity contribution >= 4 is 17.7 Å². The van der Waals surface area contributed by atoms with Gasteiger partial charge in [0.05, 0.1) is 11.8 Å². The molecule has 3 aromatic rings. The molecule has 0 fully saturated rings. The minimum Gasteiger partial charge on any atom is -0.488 e. The first-order chi connectivity index (χ1) is 11.8. The van der Waals surface area contributed by atoms with Crippen molar-refractivity contribution in [2.24, 2.45) is 0 Å². The Morgan fingerprint density at radius 2 is 1.92 bits per heavy atom. The van der Waals surface area contributed by atoms with Crippen LogP contribution in [-0.2, 0) is 4.79 Å². The minimum atomic E-state index is -0.170. The summed E-state index contributed by atoms with van der Waals surface area (Å²) in [5.41, 5.74) is 3.12. The van der Waals surface area contributed by atoms with Crippen molar-refractivity contribution in [3.8, 4) is 17.1 Å². The number of carbonyl (C=O) groups is 1. The quantitative estimate of drug-likeness (QED) is 0.798. The van der Waals surface area contributed by atoms with Crippen LogP contribution < -0.4 is 10.1 Å². The molecule has 0 atom stereocenters. The van der Waals surface area contributed by atoms with Gasteiger partial charge in [0.1, 0.15) is 12.4 Å². The van der Waals surface area contributed by atoms with Crippen molar-refractivity contribution in [1.29, 1.82) is 0 Å². The van der Waals surface area contributed by atoms with E-state index in [2.05, 4.69) is 10.3 Å². The minimum absolute atomic E-state index is 0.170. The number of rotatable bonds is 3. The molecule has 0 saturated heterocycles. The molecule has 0 aliphatic carbocycles. The topological polar surface area (TPSA) is 64.4 Å². The third-order valence-corrected chi connectivity index (χ3v) is 3.78. The van der Waals surface area contributed by atoms with Crippen molar-refractivity contribution in [3.05, 3.63) is 72.3 Å². The molecule has 2 aromatic carbocycles. The zero-order chi connectivity index (χ0) is 16.4. The first-order valence-corrected chi connectivity index (χ1v) is 7.52. The average molecular weight is 318 g/mol. The molecule has 0 saturated carbocycles. The molecule has 0 radical (unpaired) electrons. The standard InChI is InChI=1S/C19H14N2O3/c22-19(15-9-14-3-1-2-4-17(14)23-11-15)21-16-7-5-13(6-8-16)18-10-20-12-24-18/h1-10,12H,11H2,(H,21,22). The molecule has 5 nitrogen and oxygen atoms in total. The summed E-state index contributed by atoms with van der Waals surface area (Å²) in [5.74, 6) is 1.32. The van der Waals surface area contributed by atoms with Gasteiger partial charge in [-0.1, -0.05) is 18.2 Å². The van der Waals surface area contributed by atoms with Crippen LogP contribution in [0.3, 0.4) is 0 Å². The molecule has 5 heteroatoms. The highest BCUT2D eigenvalue weighted by molar-refractivity contribution is 6.07. The number of oxazole rings is 1. The Hall–Kier alpha value is -3.34. The van der Waals surface area contributed by atoms with Crippen molar-refractivity contribution in [2.45, 2.75) is 0 Å². The highest BCUT2D eigenvalue weighted by Crippen LogP contribution is 2.26. The molecule has 1 aliphatic heterocycles. The summed E-state index contributed by atoms with van der Waals surface area (Å²) in [6, 6.07) is 15.0. The van der Waals surface area contributed by atoms with Gasteiger partial charge in [0.15, 0.2) is 12.2 Å². The van der Waals surface area contributed by atoms with E-state index in [4.69, 9.17) is 9.15 Å². The van der Waals surface area contributed by atoms with Crippen LogP contribution in [0.2, 0.25) is 0 Å². The molecule has 1 N–H and O–H groups in total. The Bertz CT molecular complexity index is 897. The summed E-state index contributed by atoms with van der Waals surface area (Å²) < 4.78 is 10.9. The third-order valence-electron chi connectivity index (χ3n) is 3.78. The van der Waals surface area contributed by atoms with Crippen LogP contribution in [0.15, 0.2) is 71.1 Å². The second-order valence-electron chi connectivity index (χ2n) is 5.39. The fraction of sp³-hybridized carbons (Fsp3) is 0.0526. The average Bonchev–Trinajstić information content (AvgIpc) is 3.16. The normalized spacial score (nSPS) is 12.8. The highest BCUT2D eigenvalue weighted by atomic mass is 16.5. The SMILES string of the molecule is O=C(Nc1ccc(-c2cnco2)cc1)C1=Cc2ccccc2OC1. The summed E-state index contributed by atoms with van der Waals surface area (Å²) in [6.45, 7) is 0.263. The van der Waals surface area contributed by atoms with Crippen molar-refractivity contribution in [3.63, 3.8) is 0 Å². The van der Waals surface area contributed by atoms with Gasteiger partial charge in [-0.05, 0) is 36.4 Å². The van der Waals surface area contributed by atoms with Gasteiger partial charge >= 0.3 is 0 Å². The van der Waals surface area contributed by atoms with Crippen molar-refractivity contribution < 1.29 is 13.9 Å². The number of para-hydroxylation sites is 1. The zero-order valence-electron chi connectivity index (χ0n) is 12.7. The number of fused-ring (bicyclic) bond motifs is 1. The lowest BCUT2D eigenvalue weighted by Crippen LogP contribution is -2.21. The Morgan fingerprint density at radius 3 is 2.71 bits per heavy atom. The van der Waals surface area contributed by atoms with Gasteiger partial charge in [0, 0.05) is 16.8 Å². The van der Waals surface area contributed by atoms with Gasteiger partial charge in [0.2, 0.25) is 0 Å². The second kappa shape index (κ2) is 6.04. The highest BCUT2D eigenvalue weighted by Gasteiger charge is 2.17. The fourth-order valence-electron chi connectivity index (χ4n) is 2.53. The zero-order valence-corrected chi connectivity index (χ0v) is 12.7. The predicted octanol–water partition coefficient (Wildman–Crippen LogP) is 3.76. The van der Waals surface area contributed by atoms with Crippen molar-refractivity contribution in [2.75, 3.05) is 11.9 Å². The van der Waals surface area contributed by atoms with Crippen LogP contribution in [0.1, 0.15) is 5.56 Å². The Kier molecular flexibility index (Phi) is 3.59. The summed E-state index contributed by atoms with van der Waals surface area (Å²) in [4.78, 5) is 16.3. The van der Waals surface area contributed by atoms with Gasteiger partial charge in [-0.3, -0.25) is 4.79 Å². The van der Waals surface area contributed by atoms with E-state index in [0.717, 1.165) is 16.9 Å². The van der Waals surface area contributed by atoms with E-state index in [1.165, 1.54) is 6.39 Å². The number of hydrogen-bond acceptors (Lipinski definition) is 4. The number of hydrogen-bond donors (Lipinski definition) is 1. The van der Waals surface area contributed by atoms with E-state index in [-0.39, 0.29) is 12.5 Å². The van der Waals surface area contributed by atoms with Gasteiger partial charge < -0.3 is 14.5 Å². The lowest BCUT2D eigenvalue weighted by molar-refractivity contribution is -0.113. The number of amides is 1. The largest absolute Gasteiger partial charge is 0.488 e. The maximum Gasteiger partial charge on any atom is 0.255 e. The van der Waals surface area contributed by atoms with Crippen LogP contribution in [-0.4, -0.2) is 17.5 Å². The summed E-state index contributed by atoms with van der Waals surface area (Å²) in [5, 5.41) is 2.88. The number of nitrogens with zero attached hydrogens (tertiary/aromatic N) is 1. The summed E-state index contributed by atoms with van der Waals surface area (Å²) >= 11 is 0. The van der Waals surface area contributed by atoms with E-state index >= 15 is 0 Å². The Balaban J connectivity index is 1.50. The van der Waals surface area contributed by atoms with E-state index in [1.54, 1.807) is 6.20 Å². The molecule has 4 rings (SSSR count). The second-order valence-corrected chi connectivity index (χ2v) is 5.39. The number of aromatic nitrogens is 1. The lowest BCUT2D eigenvalue weighted by Gasteiger charge is -2.17. The van der Waals surface area contributed by atoms with Crippen LogP contribution in [0.5, 0.6) is 5.75 Å². The van der Waals surface area contributed by atoms with Crippen LogP contribution in [0.4, 0.5) is 5.69 Å². The maximum absolute atomic E-state index is 12.4. The Labute approximate surface area is 138 Å². The maximum atomic E-state index is 12.4. The first kappa shape index (κ1) is 14.3. The van der Waals surface area contributed by atoms with Crippen LogP contribution in [0.25, 0.3) is 17.4 Å². The van der Waals surface area contributed by atoms with Gasteiger partial charge in [-0.25, -0.2) is 4.98 Å². The lowest BCUT2D eigenvalue weighted by atomic mass is 10.1. The molecule has 1 aromatic heterocycles. The van der Waals surface area contributed by atoms with Gasteiger partial charge in [-0.15, -0.1) is 0 Å². The van der Waals surface area contributed by atoms with E-state index in [0.29, 0.717) is 17.0 Å². The van der Waals surface area contributed by atoms with Gasteiger partial charge in [-0.2, -0.15) is 0 Å². The Morgan fingerprint density at radius 1 is 1.08 bits per heavy atom. The molecule has 1 aliphatic rings. The molecule has 24 heavy (non-hydrogen) atoms. The molecule has 0 bridgehead atoms. The molecule has 0 spiro atoms. The number of anilines is 1. The monoisotopic (exact) mass is 318 g/mol. The number of benzene rings is 2.